The lowest BCUT2D eigenvalue weighted by atomic mass is 9.86. The van der Waals surface area contributed by atoms with Crippen LogP contribution < -0.4 is 0 Å². The highest BCUT2D eigenvalue weighted by Gasteiger charge is 2.29. The van der Waals surface area contributed by atoms with Crippen LogP contribution in [0.25, 0.3) is 0 Å². The van der Waals surface area contributed by atoms with Gasteiger partial charge < -0.3 is 0 Å². The fourth-order valence-electron chi connectivity index (χ4n) is 2.21. The van der Waals surface area contributed by atoms with Gasteiger partial charge in [-0.3, -0.25) is 10.1 Å². The van der Waals surface area contributed by atoms with Crippen molar-refractivity contribution >= 4 is 23.2 Å². The highest BCUT2D eigenvalue weighted by Crippen LogP contribution is 2.31. The molecule has 0 saturated carbocycles. The molecule has 20 heavy (non-hydrogen) atoms. The van der Waals surface area contributed by atoms with Crippen LogP contribution in [-0.2, 0) is 0 Å². The molecule has 0 aliphatic rings. The highest BCUT2D eigenvalue weighted by molar-refractivity contribution is 6.30. The van der Waals surface area contributed by atoms with Crippen molar-refractivity contribution < 1.29 is 4.92 Å². The van der Waals surface area contributed by atoms with Gasteiger partial charge in [0.05, 0.1) is 5.92 Å². The van der Waals surface area contributed by atoms with Crippen molar-refractivity contribution in [2.24, 2.45) is 0 Å². The fourth-order valence-corrected chi connectivity index (χ4v) is 2.46. The third kappa shape index (κ3) is 3.30. The summed E-state index contributed by atoms with van der Waals surface area (Å²) >= 11 is 11.7. The van der Waals surface area contributed by atoms with Crippen molar-refractivity contribution in [1.82, 2.24) is 0 Å². The van der Waals surface area contributed by atoms with E-state index in [0.29, 0.717) is 10.0 Å². The third-order valence-electron chi connectivity index (χ3n) is 3.27. The Balaban J connectivity index is 2.46. The molecule has 0 aliphatic carbocycles. The molecule has 2 aromatic rings. The molecule has 2 aromatic carbocycles. The number of hydrogen-bond acceptors (Lipinski definition) is 2. The van der Waals surface area contributed by atoms with Crippen LogP contribution in [0.4, 0.5) is 0 Å². The van der Waals surface area contributed by atoms with Crippen LogP contribution >= 0.6 is 23.2 Å². The zero-order valence-electron chi connectivity index (χ0n) is 10.8. The second-order valence-electron chi connectivity index (χ2n) is 4.61. The molecule has 0 bridgehead atoms. The largest absolute Gasteiger partial charge is 0.264 e. The molecule has 0 radical (unpaired) electrons. The van der Waals surface area contributed by atoms with Gasteiger partial charge >= 0.3 is 0 Å². The lowest BCUT2D eigenvalue weighted by molar-refractivity contribution is -0.520. The molecule has 3 nitrogen and oxygen atoms in total. The van der Waals surface area contributed by atoms with Crippen molar-refractivity contribution in [2.45, 2.75) is 18.9 Å². The molecule has 0 amide bonds. The summed E-state index contributed by atoms with van der Waals surface area (Å²) in [7, 11) is 0. The first kappa shape index (κ1) is 14.8. The smallest absolute Gasteiger partial charge is 0.221 e. The maximum Gasteiger partial charge on any atom is 0.221 e. The Hall–Kier alpha value is -1.58. The van der Waals surface area contributed by atoms with Crippen molar-refractivity contribution in [2.75, 3.05) is 0 Å². The van der Waals surface area contributed by atoms with E-state index in [-0.39, 0.29) is 10.8 Å². The van der Waals surface area contributed by atoms with E-state index >= 15 is 0 Å². The average Bonchev–Trinajstić information content (AvgIpc) is 2.43. The summed E-state index contributed by atoms with van der Waals surface area (Å²) in [6.45, 7) is 1.61. The second kappa shape index (κ2) is 6.25. The minimum atomic E-state index is -0.739. The molecule has 0 heterocycles. The monoisotopic (exact) mass is 309 g/mol. The van der Waals surface area contributed by atoms with Crippen LogP contribution in [0.2, 0.25) is 10.0 Å². The standard InChI is InChI=1S/C15H13Cl2NO2/c1-10(18(19)20)15(11-2-6-13(16)7-3-11)12-4-8-14(17)9-5-12/h2-10,15H,1H3. The maximum atomic E-state index is 11.2. The molecule has 1 unspecified atom stereocenters. The van der Waals surface area contributed by atoms with Gasteiger partial charge in [0.2, 0.25) is 6.04 Å². The molecule has 0 aliphatic heterocycles. The quantitative estimate of drug-likeness (QED) is 0.602. The molecule has 104 valence electrons. The van der Waals surface area contributed by atoms with Crippen LogP contribution in [0.5, 0.6) is 0 Å². The predicted molar refractivity (Wildman–Crippen MR) is 81.2 cm³/mol. The number of halogens is 2. The Bertz CT molecular complexity index is 551. The number of nitrogens with zero attached hydrogens (tertiary/aromatic N) is 1. The maximum absolute atomic E-state index is 11.2. The summed E-state index contributed by atoms with van der Waals surface area (Å²) in [5.74, 6) is -0.334. The zero-order valence-corrected chi connectivity index (χ0v) is 12.3. The van der Waals surface area contributed by atoms with Crippen LogP contribution in [0.1, 0.15) is 24.0 Å². The summed E-state index contributed by atoms with van der Waals surface area (Å²) < 4.78 is 0. The van der Waals surface area contributed by atoms with Crippen molar-refractivity contribution in [3.63, 3.8) is 0 Å². The average molecular weight is 310 g/mol. The Kier molecular flexibility index (Phi) is 4.63. The van der Waals surface area contributed by atoms with E-state index in [0.717, 1.165) is 11.1 Å². The Morgan fingerprint density at radius 1 is 0.900 bits per heavy atom. The van der Waals surface area contributed by atoms with Crippen molar-refractivity contribution in [3.8, 4) is 0 Å². The fraction of sp³-hybridized carbons (Fsp3) is 0.200. The molecule has 2 rings (SSSR count). The summed E-state index contributed by atoms with van der Waals surface area (Å²) in [4.78, 5) is 10.9. The normalized spacial score (nSPS) is 12.4. The van der Waals surface area contributed by atoms with Crippen LogP contribution in [0.3, 0.4) is 0 Å². The van der Waals surface area contributed by atoms with E-state index in [9.17, 15) is 10.1 Å². The van der Waals surface area contributed by atoms with E-state index in [1.54, 1.807) is 31.2 Å². The molecule has 0 saturated heterocycles. The van der Waals surface area contributed by atoms with E-state index in [1.807, 2.05) is 24.3 Å². The topological polar surface area (TPSA) is 43.1 Å². The van der Waals surface area contributed by atoms with Gasteiger partial charge in [-0.05, 0) is 35.4 Å². The van der Waals surface area contributed by atoms with Gasteiger partial charge in [-0.1, -0.05) is 47.5 Å². The Labute approximate surface area is 127 Å². The second-order valence-corrected chi connectivity index (χ2v) is 5.48. The lowest BCUT2D eigenvalue weighted by Crippen LogP contribution is -2.25. The number of rotatable bonds is 4. The molecule has 1 atom stereocenters. The Morgan fingerprint density at radius 3 is 1.55 bits per heavy atom. The molecule has 0 fully saturated rings. The van der Waals surface area contributed by atoms with Gasteiger partial charge in [0.1, 0.15) is 0 Å². The first-order valence-electron chi connectivity index (χ1n) is 6.13. The van der Waals surface area contributed by atoms with E-state index in [2.05, 4.69) is 0 Å². The minimum absolute atomic E-state index is 0.270. The molecular weight excluding hydrogens is 297 g/mol. The van der Waals surface area contributed by atoms with Gasteiger partial charge in [-0.2, -0.15) is 0 Å². The van der Waals surface area contributed by atoms with Crippen LogP contribution in [-0.4, -0.2) is 11.0 Å². The van der Waals surface area contributed by atoms with Gasteiger partial charge in [0.15, 0.2) is 0 Å². The van der Waals surface area contributed by atoms with Gasteiger partial charge in [0.25, 0.3) is 0 Å². The van der Waals surface area contributed by atoms with Crippen molar-refractivity contribution in [1.29, 1.82) is 0 Å². The molecular formula is C15H13Cl2NO2. The lowest BCUT2D eigenvalue weighted by Gasteiger charge is -2.19. The number of hydrogen-bond donors (Lipinski definition) is 0. The third-order valence-corrected chi connectivity index (χ3v) is 3.78. The molecule has 5 heteroatoms. The summed E-state index contributed by atoms with van der Waals surface area (Å²) in [6, 6.07) is 13.5. The molecule has 0 spiro atoms. The predicted octanol–water partition coefficient (Wildman–Crippen LogP) is 4.79. The van der Waals surface area contributed by atoms with Crippen LogP contribution in [0.15, 0.2) is 48.5 Å². The minimum Gasteiger partial charge on any atom is -0.264 e. The molecule has 0 aromatic heterocycles. The van der Waals surface area contributed by atoms with Crippen LogP contribution in [0, 0.1) is 10.1 Å². The van der Waals surface area contributed by atoms with Gasteiger partial charge in [-0.15, -0.1) is 0 Å². The zero-order chi connectivity index (χ0) is 14.7. The van der Waals surface area contributed by atoms with E-state index in [4.69, 9.17) is 23.2 Å². The highest BCUT2D eigenvalue weighted by atomic mass is 35.5. The van der Waals surface area contributed by atoms with Gasteiger partial charge in [0, 0.05) is 21.9 Å². The summed E-state index contributed by atoms with van der Waals surface area (Å²) in [5, 5.41) is 12.4. The van der Waals surface area contributed by atoms with Gasteiger partial charge in [-0.25, -0.2) is 0 Å². The Morgan fingerprint density at radius 2 is 1.25 bits per heavy atom. The van der Waals surface area contributed by atoms with Crippen molar-refractivity contribution in [3.05, 3.63) is 79.8 Å². The summed E-state index contributed by atoms with van der Waals surface area (Å²) in [6.07, 6.45) is 0. The first-order chi connectivity index (χ1) is 9.49. The molecule has 0 N–H and O–H groups in total. The number of benzene rings is 2. The number of nitro groups is 1. The summed E-state index contributed by atoms with van der Waals surface area (Å²) in [5.41, 5.74) is 1.72. The first-order valence-corrected chi connectivity index (χ1v) is 6.89. The van der Waals surface area contributed by atoms with E-state index < -0.39 is 6.04 Å². The van der Waals surface area contributed by atoms with E-state index in [1.165, 1.54) is 0 Å². The SMILES string of the molecule is CC(C(c1ccc(Cl)cc1)c1ccc(Cl)cc1)[N+](=O)[O-].